The van der Waals surface area contributed by atoms with Gasteiger partial charge in [-0.3, -0.25) is 0 Å². The molecule has 1 rings (SSSR count). The van der Waals surface area contributed by atoms with Crippen LogP contribution < -0.4 is 5.73 Å². The van der Waals surface area contributed by atoms with Crippen LogP contribution in [0.1, 0.15) is 40.0 Å². The normalized spacial score (nSPS) is 39.5. The predicted molar refractivity (Wildman–Crippen MR) is 49.3 cm³/mol. The van der Waals surface area contributed by atoms with Crippen LogP contribution in [0, 0.1) is 17.8 Å². The van der Waals surface area contributed by atoms with E-state index in [-0.39, 0.29) is 0 Å². The highest BCUT2D eigenvalue weighted by molar-refractivity contribution is 4.82. The van der Waals surface area contributed by atoms with Gasteiger partial charge in [-0.1, -0.05) is 27.2 Å². The lowest BCUT2D eigenvalue weighted by Crippen LogP contribution is -2.38. The first-order valence-corrected chi connectivity index (χ1v) is 4.87. The Bertz CT molecular complexity index is 120. The van der Waals surface area contributed by atoms with Gasteiger partial charge >= 0.3 is 0 Å². The van der Waals surface area contributed by atoms with Crippen LogP contribution in [0.15, 0.2) is 0 Å². The second kappa shape index (κ2) is 3.57. The Morgan fingerprint density at radius 1 is 1.27 bits per heavy atom. The minimum atomic E-state index is 0.471. The molecule has 0 radical (unpaired) electrons. The molecule has 0 aromatic heterocycles. The van der Waals surface area contributed by atoms with Crippen LogP contribution in [0.3, 0.4) is 0 Å². The van der Waals surface area contributed by atoms with Gasteiger partial charge in [0.25, 0.3) is 0 Å². The smallest absolute Gasteiger partial charge is 0.00721 e. The van der Waals surface area contributed by atoms with Gasteiger partial charge in [0, 0.05) is 6.04 Å². The minimum Gasteiger partial charge on any atom is -0.327 e. The summed E-state index contributed by atoms with van der Waals surface area (Å²) >= 11 is 0. The average Bonchev–Trinajstić information content (AvgIpc) is 1.85. The van der Waals surface area contributed by atoms with Crippen molar-refractivity contribution in [3.8, 4) is 0 Å². The van der Waals surface area contributed by atoms with Crippen molar-refractivity contribution in [3.63, 3.8) is 0 Å². The Morgan fingerprint density at radius 2 is 1.91 bits per heavy atom. The summed E-state index contributed by atoms with van der Waals surface area (Å²) in [6.45, 7) is 6.90. The zero-order chi connectivity index (χ0) is 8.43. The summed E-state index contributed by atoms with van der Waals surface area (Å²) in [6, 6.07) is 0.471. The van der Waals surface area contributed by atoms with Crippen LogP contribution in [0.4, 0.5) is 0 Å². The van der Waals surface area contributed by atoms with E-state index in [0.29, 0.717) is 6.04 Å². The van der Waals surface area contributed by atoms with Crippen LogP contribution in [-0.4, -0.2) is 6.04 Å². The third-order valence-corrected chi connectivity index (χ3v) is 3.07. The Balaban J connectivity index is 2.44. The van der Waals surface area contributed by atoms with Crippen LogP contribution >= 0.6 is 0 Å². The first-order chi connectivity index (χ1) is 5.11. The second-order valence-corrected chi connectivity index (χ2v) is 4.49. The molecule has 0 unspecified atom stereocenters. The molecule has 66 valence electrons. The summed E-state index contributed by atoms with van der Waals surface area (Å²) < 4.78 is 0. The molecule has 1 fully saturated rings. The minimum absolute atomic E-state index is 0.471. The van der Waals surface area contributed by atoms with Gasteiger partial charge in [-0.25, -0.2) is 0 Å². The molecule has 1 heteroatoms. The van der Waals surface area contributed by atoms with Gasteiger partial charge in [-0.15, -0.1) is 0 Å². The maximum absolute atomic E-state index is 6.07. The van der Waals surface area contributed by atoms with E-state index in [9.17, 15) is 0 Å². The van der Waals surface area contributed by atoms with Crippen molar-refractivity contribution in [2.24, 2.45) is 23.5 Å². The van der Waals surface area contributed by atoms with E-state index in [4.69, 9.17) is 5.73 Å². The van der Waals surface area contributed by atoms with E-state index in [2.05, 4.69) is 20.8 Å². The van der Waals surface area contributed by atoms with Crippen LogP contribution in [-0.2, 0) is 0 Å². The Hall–Kier alpha value is -0.0400. The van der Waals surface area contributed by atoms with Gasteiger partial charge in [0.2, 0.25) is 0 Å². The first-order valence-electron chi connectivity index (χ1n) is 4.87. The quantitative estimate of drug-likeness (QED) is 0.618. The maximum Gasteiger partial charge on any atom is 0.00721 e. The molecule has 1 aliphatic carbocycles. The van der Waals surface area contributed by atoms with Gasteiger partial charge in [0.05, 0.1) is 0 Å². The number of hydrogen-bond acceptors (Lipinski definition) is 1. The molecule has 0 aliphatic heterocycles. The molecule has 0 bridgehead atoms. The first kappa shape index (κ1) is 9.05. The highest BCUT2D eigenvalue weighted by Crippen LogP contribution is 2.31. The van der Waals surface area contributed by atoms with Crippen molar-refractivity contribution in [1.29, 1.82) is 0 Å². The van der Waals surface area contributed by atoms with Crippen LogP contribution in [0.2, 0.25) is 0 Å². The van der Waals surface area contributed by atoms with E-state index in [1.54, 1.807) is 0 Å². The summed E-state index contributed by atoms with van der Waals surface area (Å²) in [5.41, 5.74) is 6.07. The molecule has 0 saturated heterocycles. The van der Waals surface area contributed by atoms with Gasteiger partial charge in [-0.05, 0) is 30.6 Å². The Labute approximate surface area is 70.4 Å². The highest BCUT2D eigenvalue weighted by atomic mass is 14.7. The fourth-order valence-electron chi connectivity index (χ4n) is 2.28. The van der Waals surface area contributed by atoms with E-state index >= 15 is 0 Å². The number of nitrogens with two attached hydrogens (primary N) is 1. The van der Waals surface area contributed by atoms with Crippen molar-refractivity contribution >= 4 is 0 Å². The molecule has 0 spiro atoms. The number of rotatable bonds is 1. The molecule has 11 heavy (non-hydrogen) atoms. The van der Waals surface area contributed by atoms with Gasteiger partial charge < -0.3 is 5.73 Å². The third-order valence-electron chi connectivity index (χ3n) is 3.07. The van der Waals surface area contributed by atoms with Crippen molar-refractivity contribution in [1.82, 2.24) is 0 Å². The summed E-state index contributed by atoms with van der Waals surface area (Å²) in [4.78, 5) is 0. The molecule has 0 heterocycles. The zero-order valence-corrected chi connectivity index (χ0v) is 8.01. The standard InChI is InChI=1S/C10H21N/c1-7(2)9-5-4-8(3)6-10(9)11/h7-10H,4-6,11H2,1-3H3/t8-,9-,10+/m0/s1. The molecule has 1 nitrogen and oxygen atoms in total. The van der Waals surface area contributed by atoms with Crippen molar-refractivity contribution in [2.45, 2.75) is 46.1 Å². The third kappa shape index (κ3) is 2.19. The fraction of sp³-hybridized carbons (Fsp3) is 1.00. The topological polar surface area (TPSA) is 26.0 Å². The molecule has 1 aliphatic rings. The van der Waals surface area contributed by atoms with Crippen molar-refractivity contribution < 1.29 is 0 Å². The maximum atomic E-state index is 6.07. The lowest BCUT2D eigenvalue weighted by Gasteiger charge is -2.34. The van der Waals surface area contributed by atoms with Gasteiger partial charge in [0.15, 0.2) is 0 Å². The summed E-state index contributed by atoms with van der Waals surface area (Å²) in [5, 5.41) is 0. The van der Waals surface area contributed by atoms with E-state index in [0.717, 1.165) is 17.8 Å². The molecule has 0 aromatic carbocycles. The molecular formula is C10H21N. The Morgan fingerprint density at radius 3 is 2.36 bits per heavy atom. The second-order valence-electron chi connectivity index (χ2n) is 4.49. The molecule has 0 aromatic rings. The molecular weight excluding hydrogens is 134 g/mol. The summed E-state index contributed by atoms with van der Waals surface area (Å²) in [6.07, 6.45) is 3.97. The Kier molecular flexibility index (Phi) is 2.94. The van der Waals surface area contributed by atoms with Crippen LogP contribution in [0.25, 0.3) is 0 Å². The summed E-state index contributed by atoms with van der Waals surface area (Å²) in [7, 11) is 0. The monoisotopic (exact) mass is 155 g/mol. The highest BCUT2D eigenvalue weighted by Gasteiger charge is 2.27. The van der Waals surface area contributed by atoms with Crippen molar-refractivity contribution in [2.75, 3.05) is 0 Å². The van der Waals surface area contributed by atoms with E-state index in [1.807, 2.05) is 0 Å². The molecule has 0 amide bonds. The summed E-state index contributed by atoms with van der Waals surface area (Å²) in [5.74, 6) is 2.42. The van der Waals surface area contributed by atoms with Crippen LogP contribution in [0.5, 0.6) is 0 Å². The molecule has 3 atom stereocenters. The average molecular weight is 155 g/mol. The van der Waals surface area contributed by atoms with E-state index in [1.165, 1.54) is 19.3 Å². The zero-order valence-electron chi connectivity index (χ0n) is 8.01. The number of hydrogen-bond donors (Lipinski definition) is 1. The molecule has 2 N–H and O–H groups in total. The SMILES string of the molecule is CC(C)[C@@H]1CC[C@H](C)C[C@H]1N. The lowest BCUT2D eigenvalue weighted by atomic mass is 9.74. The lowest BCUT2D eigenvalue weighted by molar-refractivity contribution is 0.199. The predicted octanol–water partition coefficient (Wildman–Crippen LogP) is 2.41. The van der Waals surface area contributed by atoms with Gasteiger partial charge in [-0.2, -0.15) is 0 Å². The largest absolute Gasteiger partial charge is 0.327 e. The van der Waals surface area contributed by atoms with Gasteiger partial charge in [0.1, 0.15) is 0 Å². The van der Waals surface area contributed by atoms with Crippen molar-refractivity contribution in [3.05, 3.63) is 0 Å². The fourth-order valence-corrected chi connectivity index (χ4v) is 2.28. The van der Waals surface area contributed by atoms with E-state index < -0.39 is 0 Å². The molecule has 1 saturated carbocycles.